The van der Waals surface area contributed by atoms with Crippen molar-refractivity contribution in [2.75, 3.05) is 12.8 Å². The Morgan fingerprint density at radius 3 is 2.12 bits per heavy atom. The minimum atomic E-state index is -2.99. The molecule has 0 radical (unpaired) electrons. The Labute approximate surface area is 99.9 Å². The molecule has 1 aliphatic carbocycles. The summed E-state index contributed by atoms with van der Waals surface area (Å²) in [7, 11) is -2.99. The van der Waals surface area contributed by atoms with E-state index in [-0.39, 0.29) is 0 Å². The largest absolute Gasteiger partial charge is 0.312 e. The van der Waals surface area contributed by atoms with Crippen molar-refractivity contribution >= 4 is 9.84 Å². The van der Waals surface area contributed by atoms with Crippen molar-refractivity contribution < 1.29 is 8.42 Å². The summed E-state index contributed by atoms with van der Waals surface area (Å²) in [5, 5.41) is 3.45. The minimum Gasteiger partial charge on any atom is -0.312 e. The van der Waals surface area contributed by atoms with Gasteiger partial charge in [0.15, 0.2) is 9.84 Å². The van der Waals surface area contributed by atoms with E-state index >= 15 is 0 Å². The van der Waals surface area contributed by atoms with E-state index in [1.807, 2.05) is 0 Å². The monoisotopic (exact) mass is 247 g/mol. The van der Waals surface area contributed by atoms with Gasteiger partial charge in [-0.15, -0.1) is 0 Å². The first-order valence-corrected chi connectivity index (χ1v) is 7.97. The number of sulfone groups is 1. The van der Waals surface area contributed by atoms with Crippen LogP contribution in [0.5, 0.6) is 0 Å². The van der Waals surface area contributed by atoms with Crippen molar-refractivity contribution in [2.24, 2.45) is 11.8 Å². The van der Waals surface area contributed by atoms with Crippen LogP contribution in [0.3, 0.4) is 0 Å². The summed E-state index contributed by atoms with van der Waals surface area (Å²) >= 11 is 0. The Bertz CT molecular complexity index is 327. The van der Waals surface area contributed by atoms with Crippen LogP contribution in [-0.2, 0) is 9.84 Å². The van der Waals surface area contributed by atoms with E-state index < -0.39 is 14.6 Å². The van der Waals surface area contributed by atoms with Gasteiger partial charge >= 0.3 is 0 Å². The lowest BCUT2D eigenvalue weighted by atomic mass is 9.99. The van der Waals surface area contributed by atoms with Gasteiger partial charge in [-0.1, -0.05) is 13.8 Å². The molecule has 1 aliphatic rings. The van der Waals surface area contributed by atoms with Crippen LogP contribution in [0.1, 0.15) is 40.5 Å². The highest BCUT2D eigenvalue weighted by atomic mass is 32.2. The lowest BCUT2D eigenvalue weighted by Gasteiger charge is -2.29. The molecule has 0 aromatic heterocycles. The molecule has 0 bridgehead atoms. The number of hydrogen-bond donors (Lipinski definition) is 1. The van der Waals surface area contributed by atoms with Crippen LogP contribution in [0.4, 0.5) is 0 Å². The first-order valence-electron chi connectivity index (χ1n) is 6.08. The molecule has 1 N–H and O–H groups in total. The molecule has 16 heavy (non-hydrogen) atoms. The third kappa shape index (κ3) is 3.45. The highest BCUT2D eigenvalue weighted by Crippen LogP contribution is 2.35. The van der Waals surface area contributed by atoms with Gasteiger partial charge in [0.25, 0.3) is 0 Å². The molecule has 3 nitrogen and oxygen atoms in total. The van der Waals surface area contributed by atoms with E-state index in [9.17, 15) is 8.42 Å². The molecule has 0 aliphatic heterocycles. The van der Waals surface area contributed by atoms with Crippen molar-refractivity contribution in [3.63, 3.8) is 0 Å². The van der Waals surface area contributed by atoms with Crippen molar-refractivity contribution in [1.82, 2.24) is 5.32 Å². The SMILES string of the molecule is CC(C)C(NCC(C)(C)S(C)(=O)=O)C1CC1. The van der Waals surface area contributed by atoms with E-state index in [0.717, 1.165) is 5.92 Å². The molecule has 4 heteroatoms. The molecule has 1 atom stereocenters. The average molecular weight is 247 g/mol. The molecule has 0 aromatic carbocycles. The molecular formula is C12H25NO2S. The number of nitrogens with one attached hydrogen (secondary N) is 1. The molecular weight excluding hydrogens is 222 g/mol. The number of rotatable bonds is 6. The molecule has 0 spiro atoms. The third-order valence-electron chi connectivity index (χ3n) is 3.62. The predicted octanol–water partition coefficient (Wildman–Crippen LogP) is 1.83. The van der Waals surface area contributed by atoms with Crippen molar-refractivity contribution in [1.29, 1.82) is 0 Å². The molecule has 1 saturated carbocycles. The maximum atomic E-state index is 11.6. The summed E-state index contributed by atoms with van der Waals surface area (Å²) < 4.78 is 22.5. The molecule has 0 saturated heterocycles. The second kappa shape index (κ2) is 4.65. The zero-order chi connectivity index (χ0) is 12.6. The minimum absolute atomic E-state index is 0.473. The van der Waals surface area contributed by atoms with Crippen molar-refractivity contribution in [3.8, 4) is 0 Å². The van der Waals surface area contributed by atoms with E-state index in [1.54, 1.807) is 13.8 Å². The van der Waals surface area contributed by atoms with Crippen LogP contribution in [-0.4, -0.2) is 32.0 Å². The van der Waals surface area contributed by atoms with Crippen LogP contribution >= 0.6 is 0 Å². The van der Waals surface area contributed by atoms with Crippen LogP contribution in [0.15, 0.2) is 0 Å². The van der Waals surface area contributed by atoms with E-state index in [1.165, 1.54) is 19.1 Å². The second-order valence-electron chi connectivity index (χ2n) is 6.02. The molecule has 96 valence electrons. The van der Waals surface area contributed by atoms with Crippen molar-refractivity contribution in [2.45, 2.75) is 51.3 Å². The molecule has 0 amide bonds. The van der Waals surface area contributed by atoms with Gasteiger partial charge in [-0.05, 0) is 38.5 Å². The first kappa shape index (κ1) is 14.0. The van der Waals surface area contributed by atoms with Gasteiger partial charge in [0.1, 0.15) is 0 Å². The van der Waals surface area contributed by atoms with E-state index in [0.29, 0.717) is 18.5 Å². The van der Waals surface area contributed by atoms with Gasteiger partial charge in [0.05, 0.1) is 4.75 Å². The molecule has 0 heterocycles. The topological polar surface area (TPSA) is 46.2 Å². The summed E-state index contributed by atoms with van der Waals surface area (Å²) in [5.41, 5.74) is 0. The fourth-order valence-electron chi connectivity index (χ4n) is 1.90. The standard InChI is InChI=1S/C12H25NO2S/c1-9(2)11(10-6-7-10)13-8-12(3,4)16(5,14)15/h9-11,13H,6-8H2,1-5H3. The van der Waals surface area contributed by atoms with Gasteiger partial charge in [0.2, 0.25) is 0 Å². The molecule has 1 unspecified atom stereocenters. The van der Waals surface area contributed by atoms with Gasteiger partial charge in [-0.25, -0.2) is 8.42 Å². The van der Waals surface area contributed by atoms with Crippen LogP contribution < -0.4 is 5.32 Å². The Hall–Kier alpha value is -0.0900. The van der Waals surface area contributed by atoms with Gasteiger partial charge in [-0.3, -0.25) is 0 Å². The highest BCUT2D eigenvalue weighted by molar-refractivity contribution is 7.92. The lowest BCUT2D eigenvalue weighted by Crippen LogP contribution is -2.47. The number of hydrogen-bond acceptors (Lipinski definition) is 3. The Balaban J connectivity index is 2.55. The zero-order valence-corrected chi connectivity index (χ0v) is 11.9. The first-order chi connectivity index (χ1) is 7.15. The van der Waals surface area contributed by atoms with Gasteiger partial charge in [0, 0.05) is 18.8 Å². The predicted molar refractivity (Wildman–Crippen MR) is 68.3 cm³/mol. The quantitative estimate of drug-likeness (QED) is 0.779. The van der Waals surface area contributed by atoms with Crippen LogP contribution in [0, 0.1) is 11.8 Å². The molecule has 0 aromatic rings. The lowest BCUT2D eigenvalue weighted by molar-refractivity contribution is 0.347. The van der Waals surface area contributed by atoms with Crippen LogP contribution in [0.2, 0.25) is 0 Å². The average Bonchev–Trinajstić information content (AvgIpc) is 2.85. The normalized spacial score (nSPS) is 20.1. The molecule has 1 rings (SSSR count). The Morgan fingerprint density at radius 1 is 1.31 bits per heavy atom. The van der Waals surface area contributed by atoms with Crippen molar-refractivity contribution in [3.05, 3.63) is 0 Å². The Morgan fingerprint density at radius 2 is 1.81 bits per heavy atom. The third-order valence-corrected chi connectivity index (χ3v) is 5.77. The summed E-state index contributed by atoms with van der Waals surface area (Å²) in [6.07, 6.45) is 3.89. The fraction of sp³-hybridized carbons (Fsp3) is 1.00. The fourth-order valence-corrected chi connectivity index (χ4v) is 2.24. The second-order valence-corrected chi connectivity index (χ2v) is 8.67. The van der Waals surface area contributed by atoms with Gasteiger partial charge < -0.3 is 5.32 Å². The maximum Gasteiger partial charge on any atom is 0.153 e. The van der Waals surface area contributed by atoms with Gasteiger partial charge in [-0.2, -0.15) is 0 Å². The summed E-state index contributed by atoms with van der Waals surface area (Å²) in [4.78, 5) is 0. The summed E-state index contributed by atoms with van der Waals surface area (Å²) in [5.74, 6) is 1.33. The Kier molecular flexibility index (Phi) is 4.06. The van der Waals surface area contributed by atoms with E-state index in [2.05, 4.69) is 19.2 Å². The van der Waals surface area contributed by atoms with E-state index in [4.69, 9.17) is 0 Å². The molecule has 1 fully saturated rings. The smallest absolute Gasteiger partial charge is 0.153 e. The summed E-state index contributed by atoms with van der Waals surface area (Å²) in [6.45, 7) is 8.53. The summed E-state index contributed by atoms with van der Waals surface area (Å²) in [6, 6.07) is 0.473. The highest BCUT2D eigenvalue weighted by Gasteiger charge is 2.36. The zero-order valence-electron chi connectivity index (χ0n) is 11.1. The maximum absolute atomic E-state index is 11.6. The van der Waals surface area contributed by atoms with Crippen LogP contribution in [0.25, 0.3) is 0 Å².